The van der Waals surface area contributed by atoms with E-state index in [2.05, 4.69) is 5.32 Å². The Hall–Kier alpha value is -1.34. The highest BCUT2D eigenvalue weighted by molar-refractivity contribution is 5.80. The number of nitrogens with zero attached hydrogens (tertiary/aromatic N) is 1. The molecule has 0 aromatic heterocycles. The molecule has 0 aromatic rings. The Morgan fingerprint density at radius 3 is 2.30 bits per heavy atom. The molecule has 1 unspecified atom stereocenters. The molecule has 2 rings (SSSR count). The van der Waals surface area contributed by atoms with Crippen molar-refractivity contribution in [2.75, 3.05) is 26.2 Å². The predicted molar refractivity (Wildman–Crippen MR) is 70.3 cm³/mol. The second-order valence-corrected chi connectivity index (χ2v) is 6.67. The van der Waals surface area contributed by atoms with Gasteiger partial charge in [-0.2, -0.15) is 0 Å². The van der Waals surface area contributed by atoms with Crippen LogP contribution in [0.4, 0.5) is 4.79 Å². The topological polar surface area (TPSA) is 99.1 Å². The highest BCUT2D eigenvalue weighted by atomic mass is 16.6. The van der Waals surface area contributed by atoms with E-state index in [1.807, 2.05) is 0 Å². The van der Waals surface area contributed by atoms with Crippen molar-refractivity contribution < 1.29 is 24.5 Å². The number of likely N-dealkylation sites (tertiary alicyclic amines) is 1. The number of ether oxygens (including phenoxy) is 1. The average Bonchev–Trinajstić information content (AvgIpc) is 2.69. The lowest BCUT2D eigenvalue weighted by Gasteiger charge is -2.48. The summed E-state index contributed by atoms with van der Waals surface area (Å²) in [6.45, 7) is 6.01. The Morgan fingerprint density at radius 1 is 1.30 bits per heavy atom. The van der Waals surface area contributed by atoms with Crippen molar-refractivity contribution in [1.29, 1.82) is 0 Å². The molecule has 114 valence electrons. The van der Waals surface area contributed by atoms with Gasteiger partial charge >= 0.3 is 12.1 Å². The summed E-state index contributed by atoms with van der Waals surface area (Å²) in [5.41, 5.74) is -3.23. The zero-order chi connectivity index (χ0) is 15.2. The number of carboxylic acid groups (broad SMARTS) is 1. The van der Waals surface area contributed by atoms with E-state index in [-0.39, 0.29) is 32.6 Å². The molecule has 1 atom stereocenters. The van der Waals surface area contributed by atoms with Crippen LogP contribution in [0.2, 0.25) is 0 Å². The first kappa shape index (κ1) is 15.1. The van der Waals surface area contributed by atoms with Crippen LogP contribution in [0.25, 0.3) is 0 Å². The summed E-state index contributed by atoms with van der Waals surface area (Å²) in [6, 6.07) is 0. The third-order valence-electron chi connectivity index (χ3n) is 4.06. The van der Waals surface area contributed by atoms with E-state index in [9.17, 15) is 19.8 Å². The number of carbonyl (C=O) groups excluding carboxylic acids is 1. The van der Waals surface area contributed by atoms with Gasteiger partial charge in [0.1, 0.15) is 16.6 Å². The summed E-state index contributed by atoms with van der Waals surface area (Å²) in [4.78, 5) is 25.0. The van der Waals surface area contributed by atoms with Gasteiger partial charge in [-0.25, -0.2) is 4.79 Å². The van der Waals surface area contributed by atoms with Crippen LogP contribution in [-0.2, 0) is 9.53 Å². The number of hydrogen-bond acceptors (Lipinski definition) is 5. The molecule has 0 bridgehead atoms. The lowest BCUT2D eigenvalue weighted by Crippen LogP contribution is -2.71. The molecule has 20 heavy (non-hydrogen) atoms. The monoisotopic (exact) mass is 286 g/mol. The number of carbonyl (C=O) groups is 2. The number of nitrogens with one attached hydrogen (secondary N) is 1. The van der Waals surface area contributed by atoms with Crippen molar-refractivity contribution in [1.82, 2.24) is 10.2 Å². The van der Waals surface area contributed by atoms with E-state index in [1.165, 1.54) is 4.90 Å². The van der Waals surface area contributed by atoms with Crippen LogP contribution in [-0.4, -0.2) is 64.6 Å². The molecule has 0 saturated carbocycles. The van der Waals surface area contributed by atoms with Gasteiger partial charge in [-0.1, -0.05) is 0 Å². The minimum Gasteiger partial charge on any atom is -0.481 e. The normalized spacial score (nSPS) is 28.9. The number of hydrogen-bond donors (Lipinski definition) is 3. The number of β-amino-alcohol motifs (C(OH)–C–C–N with tert-alkyl or cyclic N) is 1. The highest BCUT2D eigenvalue weighted by Gasteiger charge is 2.62. The molecule has 0 radical (unpaired) electrons. The Morgan fingerprint density at radius 2 is 1.90 bits per heavy atom. The standard InChI is InChI=1S/C13H22N2O5/c1-11(2,3)20-10(18)15-5-4-12(8-15,9(16)17)13(19)6-14-7-13/h14,19H,4-8H2,1-3H3,(H,16,17). The summed E-state index contributed by atoms with van der Waals surface area (Å²) in [7, 11) is 0. The molecule has 2 aliphatic heterocycles. The lowest BCUT2D eigenvalue weighted by molar-refractivity contribution is -0.175. The van der Waals surface area contributed by atoms with Gasteiger partial charge in [0.05, 0.1) is 0 Å². The fourth-order valence-electron chi connectivity index (χ4n) is 2.75. The Labute approximate surface area is 117 Å². The van der Waals surface area contributed by atoms with Crippen molar-refractivity contribution in [3.8, 4) is 0 Å². The summed E-state index contributed by atoms with van der Waals surface area (Å²) in [5.74, 6) is -1.06. The van der Waals surface area contributed by atoms with Gasteiger partial charge in [-0.05, 0) is 27.2 Å². The van der Waals surface area contributed by atoms with E-state index in [0.717, 1.165) is 0 Å². The molecule has 7 nitrogen and oxygen atoms in total. The van der Waals surface area contributed by atoms with E-state index in [0.29, 0.717) is 0 Å². The molecule has 3 N–H and O–H groups in total. The van der Waals surface area contributed by atoms with Gasteiger partial charge in [0.2, 0.25) is 0 Å². The number of aliphatic carboxylic acids is 1. The van der Waals surface area contributed by atoms with E-state index in [4.69, 9.17) is 4.74 Å². The van der Waals surface area contributed by atoms with E-state index in [1.54, 1.807) is 20.8 Å². The van der Waals surface area contributed by atoms with Crippen molar-refractivity contribution >= 4 is 12.1 Å². The molecule has 7 heteroatoms. The number of amides is 1. The molecule has 2 fully saturated rings. The molecule has 2 aliphatic rings. The van der Waals surface area contributed by atoms with Crippen LogP contribution in [0.5, 0.6) is 0 Å². The zero-order valence-corrected chi connectivity index (χ0v) is 12.1. The van der Waals surface area contributed by atoms with Crippen molar-refractivity contribution in [2.24, 2.45) is 5.41 Å². The van der Waals surface area contributed by atoms with Gasteiger partial charge < -0.3 is 25.2 Å². The first-order valence-corrected chi connectivity index (χ1v) is 6.74. The van der Waals surface area contributed by atoms with Gasteiger partial charge in [0, 0.05) is 26.2 Å². The maximum Gasteiger partial charge on any atom is 0.410 e. The molecule has 2 saturated heterocycles. The van der Waals surface area contributed by atoms with Gasteiger partial charge in [-0.15, -0.1) is 0 Å². The Balaban J connectivity index is 2.13. The van der Waals surface area contributed by atoms with Crippen LogP contribution in [0.15, 0.2) is 0 Å². The predicted octanol–water partition coefficient (Wildman–Crippen LogP) is 0.0325. The minimum atomic E-state index is -1.31. The van der Waals surface area contributed by atoms with Gasteiger partial charge in [0.25, 0.3) is 0 Å². The fourth-order valence-corrected chi connectivity index (χ4v) is 2.75. The maximum atomic E-state index is 12.0. The van der Waals surface area contributed by atoms with E-state index >= 15 is 0 Å². The molecular weight excluding hydrogens is 264 g/mol. The molecule has 2 heterocycles. The van der Waals surface area contributed by atoms with Crippen LogP contribution in [0.3, 0.4) is 0 Å². The van der Waals surface area contributed by atoms with Crippen LogP contribution in [0, 0.1) is 5.41 Å². The Bertz CT molecular complexity index is 427. The van der Waals surface area contributed by atoms with Crippen molar-refractivity contribution in [3.63, 3.8) is 0 Å². The molecule has 0 aliphatic carbocycles. The first-order chi connectivity index (χ1) is 9.10. The number of carboxylic acids is 1. The molecule has 1 amide bonds. The van der Waals surface area contributed by atoms with Crippen molar-refractivity contribution in [3.05, 3.63) is 0 Å². The molecule has 0 aromatic carbocycles. The smallest absolute Gasteiger partial charge is 0.410 e. The Kier molecular flexibility index (Phi) is 3.46. The third-order valence-corrected chi connectivity index (χ3v) is 4.06. The molecular formula is C13H22N2O5. The van der Waals surface area contributed by atoms with Crippen LogP contribution in [0.1, 0.15) is 27.2 Å². The van der Waals surface area contributed by atoms with Crippen molar-refractivity contribution in [2.45, 2.75) is 38.4 Å². The molecule has 0 spiro atoms. The average molecular weight is 286 g/mol. The lowest BCUT2D eigenvalue weighted by atomic mass is 9.67. The van der Waals surface area contributed by atoms with Crippen LogP contribution < -0.4 is 5.32 Å². The fraction of sp³-hybridized carbons (Fsp3) is 0.846. The summed E-state index contributed by atoms with van der Waals surface area (Å²) in [6.07, 6.45) is -0.295. The second kappa shape index (κ2) is 4.60. The quantitative estimate of drug-likeness (QED) is 0.662. The highest BCUT2D eigenvalue weighted by Crippen LogP contribution is 2.43. The van der Waals surface area contributed by atoms with Gasteiger partial charge in [0.15, 0.2) is 0 Å². The zero-order valence-electron chi connectivity index (χ0n) is 12.1. The summed E-state index contributed by atoms with van der Waals surface area (Å²) in [5, 5.41) is 22.9. The van der Waals surface area contributed by atoms with Gasteiger partial charge in [-0.3, -0.25) is 4.79 Å². The first-order valence-electron chi connectivity index (χ1n) is 6.74. The third kappa shape index (κ3) is 2.35. The minimum absolute atomic E-state index is 0.0184. The second-order valence-electron chi connectivity index (χ2n) is 6.67. The number of aliphatic hydroxyl groups is 1. The number of rotatable bonds is 2. The largest absolute Gasteiger partial charge is 0.481 e. The van der Waals surface area contributed by atoms with Crippen LogP contribution >= 0.6 is 0 Å². The maximum absolute atomic E-state index is 12.0. The SMILES string of the molecule is CC(C)(C)OC(=O)N1CCC(C(=O)O)(C2(O)CNC2)C1. The summed E-state index contributed by atoms with van der Waals surface area (Å²) >= 11 is 0. The summed E-state index contributed by atoms with van der Waals surface area (Å²) < 4.78 is 5.26. The van der Waals surface area contributed by atoms with E-state index < -0.39 is 28.7 Å².